The molecule has 0 rings (SSSR count). The molecule has 5 nitrogen and oxygen atoms in total. The van der Waals surface area contributed by atoms with Crippen molar-refractivity contribution in [2.24, 2.45) is 5.73 Å². The van der Waals surface area contributed by atoms with Gasteiger partial charge >= 0.3 is 0 Å². The zero-order chi connectivity index (χ0) is 11.0. The Morgan fingerprint density at radius 1 is 1.57 bits per heavy atom. The predicted octanol–water partition coefficient (Wildman–Crippen LogP) is -1.24. The Kier molecular flexibility index (Phi) is 7.37. The van der Waals surface area contributed by atoms with Gasteiger partial charge in [0.1, 0.15) is 0 Å². The van der Waals surface area contributed by atoms with Gasteiger partial charge in [0.2, 0.25) is 5.91 Å². The first kappa shape index (κ1) is 13.4. The van der Waals surface area contributed by atoms with Gasteiger partial charge in [-0.15, -0.1) is 0 Å². The van der Waals surface area contributed by atoms with Gasteiger partial charge < -0.3 is 21.1 Å². The molecule has 1 atom stereocenters. The highest BCUT2D eigenvalue weighted by atomic mass is 16.3. The molecule has 0 aliphatic rings. The lowest BCUT2D eigenvalue weighted by Gasteiger charge is -2.18. The number of carbonyl (C=O) groups excluding carboxylic acids is 1. The van der Waals surface area contributed by atoms with Gasteiger partial charge in [0.25, 0.3) is 0 Å². The monoisotopic (exact) mass is 203 g/mol. The van der Waals surface area contributed by atoms with Crippen LogP contribution in [0, 0.1) is 0 Å². The fourth-order valence-corrected chi connectivity index (χ4v) is 1.02. The van der Waals surface area contributed by atoms with E-state index in [-0.39, 0.29) is 18.6 Å². The van der Waals surface area contributed by atoms with E-state index >= 15 is 0 Å². The molecule has 0 bridgehead atoms. The zero-order valence-corrected chi connectivity index (χ0v) is 8.99. The molecule has 84 valence electrons. The second-order valence-corrected chi connectivity index (χ2v) is 3.46. The molecule has 0 aromatic heterocycles. The van der Waals surface area contributed by atoms with Crippen molar-refractivity contribution in [2.75, 3.05) is 33.8 Å². The summed E-state index contributed by atoms with van der Waals surface area (Å²) >= 11 is 0. The lowest BCUT2D eigenvalue weighted by Crippen LogP contribution is -2.41. The predicted molar refractivity (Wildman–Crippen MR) is 55.9 cm³/mol. The minimum absolute atomic E-state index is 0.0106. The third kappa shape index (κ3) is 5.90. The first-order valence-electron chi connectivity index (χ1n) is 4.86. The van der Waals surface area contributed by atoms with Gasteiger partial charge in [0.05, 0.1) is 0 Å². The smallest absolute Gasteiger partial charge is 0.223 e. The number of aliphatic hydroxyl groups excluding tert-OH is 1. The topological polar surface area (TPSA) is 78.6 Å². The number of nitrogens with one attached hydrogen (secondary N) is 1. The molecule has 4 N–H and O–H groups in total. The van der Waals surface area contributed by atoms with Crippen LogP contribution in [0.2, 0.25) is 0 Å². The molecule has 0 saturated carbocycles. The van der Waals surface area contributed by atoms with E-state index in [0.29, 0.717) is 25.9 Å². The van der Waals surface area contributed by atoms with E-state index in [0.717, 1.165) is 0 Å². The van der Waals surface area contributed by atoms with Crippen LogP contribution in [0.4, 0.5) is 0 Å². The Morgan fingerprint density at radius 3 is 2.64 bits per heavy atom. The molecule has 0 radical (unpaired) electrons. The van der Waals surface area contributed by atoms with Crippen molar-refractivity contribution >= 4 is 5.91 Å². The van der Waals surface area contributed by atoms with Crippen LogP contribution in [0.3, 0.4) is 0 Å². The van der Waals surface area contributed by atoms with Crippen LogP contribution < -0.4 is 11.1 Å². The van der Waals surface area contributed by atoms with E-state index in [9.17, 15) is 4.79 Å². The fraction of sp³-hybridized carbons (Fsp3) is 0.889. The molecule has 0 aromatic carbocycles. The van der Waals surface area contributed by atoms with E-state index in [1.54, 1.807) is 19.0 Å². The molecule has 1 amide bonds. The highest BCUT2D eigenvalue weighted by molar-refractivity contribution is 5.76. The summed E-state index contributed by atoms with van der Waals surface area (Å²) in [5.41, 5.74) is 5.51. The van der Waals surface area contributed by atoms with Crippen LogP contribution in [-0.2, 0) is 4.79 Å². The molecule has 0 aliphatic heterocycles. The molecule has 0 saturated heterocycles. The number of rotatable bonds is 7. The van der Waals surface area contributed by atoms with Gasteiger partial charge in [-0.3, -0.25) is 4.79 Å². The molecule has 14 heavy (non-hydrogen) atoms. The zero-order valence-electron chi connectivity index (χ0n) is 8.99. The molecule has 0 aliphatic carbocycles. The van der Waals surface area contributed by atoms with Gasteiger partial charge in [0.15, 0.2) is 0 Å². The average Bonchev–Trinajstić information content (AvgIpc) is 2.16. The van der Waals surface area contributed by atoms with Crippen molar-refractivity contribution in [2.45, 2.75) is 18.9 Å². The number of amides is 1. The lowest BCUT2D eigenvalue weighted by atomic mass is 10.2. The SMILES string of the molecule is CN(C)C(=O)CC(CN)NCCCO. The molecular weight excluding hydrogens is 182 g/mol. The Morgan fingerprint density at radius 2 is 2.21 bits per heavy atom. The maximum absolute atomic E-state index is 11.3. The minimum Gasteiger partial charge on any atom is -0.396 e. The lowest BCUT2D eigenvalue weighted by molar-refractivity contribution is -0.129. The summed E-state index contributed by atoms with van der Waals surface area (Å²) in [6, 6.07) is 0.0106. The van der Waals surface area contributed by atoms with Crippen molar-refractivity contribution in [3.05, 3.63) is 0 Å². The van der Waals surface area contributed by atoms with E-state index in [4.69, 9.17) is 10.8 Å². The third-order valence-electron chi connectivity index (χ3n) is 1.97. The molecule has 0 aromatic rings. The summed E-state index contributed by atoms with van der Waals surface area (Å²) in [6.07, 6.45) is 1.10. The van der Waals surface area contributed by atoms with E-state index in [1.165, 1.54) is 0 Å². The Bertz CT molecular complexity index is 162. The Balaban J connectivity index is 3.73. The normalized spacial score (nSPS) is 12.6. The summed E-state index contributed by atoms with van der Waals surface area (Å²) in [4.78, 5) is 12.9. The minimum atomic E-state index is 0.0106. The highest BCUT2D eigenvalue weighted by Crippen LogP contribution is 1.94. The number of nitrogens with two attached hydrogens (primary N) is 1. The summed E-state index contributed by atoms with van der Waals surface area (Å²) in [5, 5.41) is 11.7. The maximum atomic E-state index is 11.3. The third-order valence-corrected chi connectivity index (χ3v) is 1.97. The van der Waals surface area contributed by atoms with Gasteiger partial charge in [-0.05, 0) is 13.0 Å². The van der Waals surface area contributed by atoms with Crippen LogP contribution in [0.5, 0.6) is 0 Å². The average molecular weight is 203 g/mol. The first-order valence-corrected chi connectivity index (χ1v) is 4.86. The van der Waals surface area contributed by atoms with E-state index < -0.39 is 0 Å². The highest BCUT2D eigenvalue weighted by Gasteiger charge is 2.12. The van der Waals surface area contributed by atoms with Crippen molar-refractivity contribution in [1.29, 1.82) is 0 Å². The molecule has 0 heterocycles. The van der Waals surface area contributed by atoms with Crippen molar-refractivity contribution < 1.29 is 9.90 Å². The maximum Gasteiger partial charge on any atom is 0.223 e. The summed E-state index contributed by atoms with van der Waals surface area (Å²) in [6.45, 7) is 1.29. The van der Waals surface area contributed by atoms with Crippen LogP contribution in [0.15, 0.2) is 0 Å². The van der Waals surface area contributed by atoms with Gasteiger partial charge in [-0.25, -0.2) is 0 Å². The van der Waals surface area contributed by atoms with Gasteiger partial charge in [0, 0.05) is 39.7 Å². The van der Waals surface area contributed by atoms with Crippen LogP contribution in [-0.4, -0.2) is 55.7 Å². The second kappa shape index (κ2) is 7.73. The van der Waals surface area contributed by atoms with Gasteiger partial charge in [-0.2, -0.15) is 0 Å². The number of hydrogen-bond acceptors (Lipinski definition) is 4. The standard InChI is InChI=1S/C9H21N3O2/c1-12(2)9(14)6-8(7-10)11-4-3-5-13/h8,11,13H,3-7,10H2,1-2H3. The molecule has 5 heteroatoms. The van der Waals surface area contributed by atoms with Crippen molar-refractivity contribution in [1.82, 2.24) is 10.2 Å². The van der Waals surface area contributed by atoms with Crippen molar-refractivity contribution in [3.8, 4) is 0 Å². The first-order chi connectivity index (χ1) is 6.61. The van der Waals surface area contributed by atoms with Crippen molar-refractivity contribution in [3.63, 3.8) is 0 Å². The molecule has 0 spiro atoms. The van der Waals surface area contributed by atoms with E-state index in [1.807, 2.05) is 0 Å². The van der Waals surface area contributed by atoms with Crippen LogP contribution in [0.25, 0.3) is 0 Å². The number of hydrogen-bond donors (Lipinski definition) is 3. The largest absolute Gasteiger partial charge is 0.396 e. The fourth-order valence-electron chi connectivity index (χ4n) is 1.02. The molecular formula is C9H21N3O2. The quantitative estimate of drug-likeness (QED) is 0.452. The Hall–Kier alpha value is -0.650. The summed E-state index contributed by atoms with van der Waals surface area (Å²) in [7, 11) is 3.45. The summed E-state index contributed by atoms with van der Waals surface area (Å²) < 4.78 is 0. The number of nitrogens with zero attached hydrogens (tertiary/aromatic N) is 1. The van der Waals surface area contributed by atoms with Crippen LogP contribution >= 0.6 is 0 Å². The van der Waals surface area contributed by atoms with E-state index in [2.05, 4.69) is 5.32 Å². The molecule has 0 fully saturated rings. The van der Waals surface area contributed by atoms with Crippen LogP contribution in [0.1, 0.15) is 12.8 Å². The number of carbonyl (C=O) groups is 1. The summed E-state index contributed by atoms with van der Waals surface area (Å²) in [5.74, 6) is 0.0666. The number of aliphatic hydroxyl groups is 1. The Labute approximate surface area is 85.3 Å². The van der Waals surface area contributed by atoms with Gasteiger partial charge in [-0.1, -0.05) is 0 Å². The second-order valence-electron chi connectivity index (χ2n) is 3.46. The molecule has 1 unspecified atom stereocenters.